The summed E-state index contributed by atoms with van der Waals surface area (Å²) in [4.78, 5) is 15.9. The van der Waals surface area contributed by atoms with Crippen molar-refractivity contribution < 1.29 is 4.74 Å². The highest BCUT2D eigenvalue weighted by molar-refractivity contribution is 6.11. The van der Waals surface area contributed by atoms with Crippen molar-refractivity contribution in [1.29, 1.82) is 0 Å². The van der Waals surface area contributed by atoms with Gasteiger partial charge in [0.25, 0.3) is 0 Å². The summed E-state index contributed by atoms with van der Waals surface area (Å²) in [5, 5.41) is 3.26. The molecule has 0 unspecified atom stereocenters. The van der Waals surface area contributed by atoms with Crippen LogP contribution in [0.2, 0.25) is 0 Å². The number of nitrogens with one attached hydrogen (secondary N) is 1. The molecule has 0 radical (unpaired) electrons. The van der Waals surface area contributed by atoms with Crippen LogP contribution in [0.4, 0.5) is 5.82 Å². The maximum atomic E-state index is 5.96. The van der Waals surface area contributed by atoms with Gasteiger partial charge in [0.2, 0.25) is 5.96 Å². The number of rotatable bonds is 0. The standard InChI is InChI=1S/C24H27N5O/c1-29-14-4-2-3-5-15-30-21-9-6-8-20(17-21)22-10-7-12-26-24(27-22)28-23-16-19(18-29)11-13-25-23/h2,4,6-9,11-13,16-17H,3,5,10,14-15,18H2,1H3,(H,25,26,28)/b4-2+. The maximum absolute atomic E-state index is 5.96. The lowest BCUT2D eigenvalue weighted by atomic mass is 10.1. The molecule has 2 aromatic rings. The summed E-state index contributed by atoms with van der Waals surface area (Å²) < 4.78 is 5.96. The number of likely N-dealkylation sites (N-methyl/N-ethyl adjacent to an activating group) is 1. The van der Waals surface area contributed by atoms with Crippen molar-refractivity contribution in [3.05, 3.63) is 78.1 Å². The molecule has 2 aliphatic heterocycles. The number of allylic oxidation sites excluding steroid dienone is 2. The quantitative estimate of drug-likeness (QED) is 0.664. The van der Waals surface area contributed by atoms with Gasteiger partial charge in [0.1, 0.15) is 11.6 Å². The van der Waals surface area contributed by atoms with Gasteiger partial charge in [-0.1, -0.05) is 30.4 Å². The fourth-order valence-corrected chi connectivity index (χ4v) is 3.39. The van der Waals surface area contributed by atoms with E-state index in [0.29, 0.717) is 19.0 Å². The fourth-order valence-electron chi connectivity index (χ4n) is 3.39. The number of fused-ring (bicyclic) bond motifs is 6. The molecule has 0 atom stereocenters. The van der Waals surface area contributed by atoms with Crippen molar-refractivity contribution in [2.45, 2.75) is 25.8 Å². The van der Waals surface area contributed by atoms with E-state index in [1.54, 1.807) is 6.20 Å². The summed E-state index contributed by atoms with van der Waals surface area (Å²) in [7, 11) is 2.12. The number of nitrogens with zero attached hydrogens (tertiary/aromatic N) is 4. The average molecular weight is 402 g/mol. The number of hydrogen-bond donors (Lipinski definition) is 1. The number of anilines is 1. The molecule has 30 heavy (non-hydrogen) atoms. The lowest BCUT2D eigenvalue weighted by Crippen LogP contribution is -2.18. The van der Waals surface area contributed by atoms with Crippen LogP contribution in [0.5, 0.6) is 5.75 Å². The predicted molar refractivity (Wildman–Crippen MR) is 122 cm³/mol. The summed E-state index contributed by atoms with van der Waals surface area (Å²) in [6.45, 7) is 2.44. The van der Waals surface area contributed by atoms with Crippen LogP contribution in [0.15, 0.2) is 77.0 Å². The molecule has 1 N–H and O–H groups in total. The Kier molecular flexibility index (Phi) is 6.67. The van der Waals surface area contributed by atoms with Gasteiger partial charge in [0.15, 0.2) is 0 Å². The number of guanidine groups is 1. The minimum Gasteiger partial charge on any atom is -0.494 e. The van der Waals surface area contributed by atoms with Crippen LogP contribution in [0.1, 0.15) is 30.4 Å². The molecular weight excluding hydrogens is 374 g/mol. The molecule has 154 valence electrons. The summed E-state index contributed by atoms with van der Waals surface area (Å²) in [5.74, 6) is 2.14. The molecule has 3 heterocycles. The minimum atomic E-state index is 0.531. The molecule has 0 saturated heterocycles. The monoisotopic (exact) mass is 401 g/mol. The van der Waals surface area contributed by atoms with Crippen LogP contribution in [0.3, 0.4) is 0 Å². The van der Waals surface area contributed by atoms with Gasteiger partial charge in [-0.15, -0.1) is 0 Å². The number of pyridine rings is 1. The predicted octanol–water partition coefficient (Wildman–Crippen LogP) is 4.42. The largest absolute Gasteiger partial charge is 0.494 e. The molecule has 6 heteroatoms. The number of aliphatic imine (C=N–C) groups is 2. The van der Waals surface area contributed by atoms with E-state index in [4.69, 9.17) is 9.73 Å². The second-order valence-corrected chi connectivity index (χ2v) is 7.46. The van der Waals surface area contributed by atoms with Gasteiger partial charge in [-0.05, 0) is 49.7 Å². The first-order chi connectivity index (χ1) is 14.8. The van der Waals surface area contributed by atoms with E-state index in [9.17, 15) is 0 Å². The summed E-state index contributed by atoms with van der Waals surface area (Å²) >= 11 is 0. The number of benzene rings is 1. The maximum Gasteiger partial charge on any atom is 0.228 e. The molecular formula is C24H27N5O. The Hall–Kier alpha value is -3.25. The van der Waals surface area contributed by atoms with E-state index >= 15 is 0 Å². The van der Waals surface area contributed by atoms with E-state index in [-0.39, 0.29) is 0 Å². The van der Waals surface area contributed by atoms with Crippen molar-refractivity contribution in [3.8, 4) is 5.75 Å². The molecule has 4 rings (SSSR count). The first-order valence-electron chi connectivity index (χ1n) is 10.4. The molecule has 0 fully saturated rings. The minimum absolute atomic E-state index is 0.531. The fraction of sp³-hybridized carbons (Fsp3) is 0.292. The van der Waals surface area contributed by atoms with Crippen LogP contribution in [0.25, 0.3) is 0 Å². The number of hydrogen-bond acceptors (Lipinski definition) is 6. The van der Waals surface area contributed by atoms with Gasteiger partial charge in [-0.2, -0.15) is 0 Å². The highest BCUT2D eigenvalue weighted by Crippen LogP contribution is 2.18. The molecule has 1 aromatic carbocycles. The van der Waals surface area contributed by atoms with Crippen LogP contribution < -0.4 is 10.1 Å². The second-order valence-electron chi connectivity index (χ2n) is 7.46. The van der Waals surface area contributed by atoms with E-state index in [1.165, 1.54) is 5.56 Å². The highest BCUT2D eigenvalue weighted by atomic mass is 16.5. The Morgan fingerprint density at radius 3 is 3.03 bits per heavy atom. The van der Waals surface area contributed by atoms with Crippen molar-refractivity contribution in [2.24, 2.45) is 9.98 Å². The van der Waals surface area contributed by atoms with E-state index in [2.05, 4.69) is 51.5 Å². The summed E-state index contributed by atoms with van der Waals surface area (Å²) in [6, 6.07) is 12.2. The Morgan fingerprint density at radius 1 is 1.10 bits per heavy atom. The lowest BCUT2D eigenvalue weighted by Gasteiger charge is -2.15. The van der Waals surface area contributed by atoms with Crippen LogP contribution in [-0.4, -0.2) is 41.8 Å². The topological polar surface area (TPSA) is 62.1 Å². The second kappa shape index (κ2) is 9.98. The summed E-state index contributed by atoms with van der Waals surface area (Å²) in [5.41, 5.74) is 3.17. The molecule has 0 spiro atoms. The molecule has 1 aromatic heterocycles. The van der Waals surface area contributed by atoms with Crippen molar-refractivity contribution >= 4 is 17.5 Å². The van der Waals surface area contributed by atoms with Gasteiger partial charge in [-0.3, -0.25) is 4.90 Å². The van der Waals surface area contributed by atoms with Crippen molar-refractivity contribution in [1.82, 2.24) is 9.88 Å². The first kappa shape index (κ1) is 20.0. The third-order valence-corrected chi connectivity index (χ3v) is 4.91. The SMILES string of the molecule is CN1C/C=C/CCCOc2cccc(c2)C2=NC(=NC=CC2)Nc2cc(ccn2)C1. The zero-order valence-electron chi connectivity index (χ0n) is 17.3. The normalized spacial score (nSPS) is 19.0. The molecule has 6 nitrogen and oxygen atoms in total. The van der Waals surface area contributed by atoms with Crippen LogP contribution in [0, 0.1) is 0 Å². The Morgan fingerprint density at radius 2 is 2.07 bits per heavy atom. The molecule has 6 bridgehead atoms. The summed E-state index contributed by atoms with van der Waals surface area (Å²) in [6.07, 6.45) is 12.8. The Bertz CT molecular complexity index is 993. The Balaban J connectivity index is 1.64. The van der Waals surface area contributed by atoms with Gasteiger partial charge in [0.05, 0.1) is 12.3 Å². The molecule has 0 amide bonds. The highest BCUT2D eigenvalue weighted by Gasteiger charge is 2.10. The van der Waals surface area contributed by atoms with Crippen molar-refractivity contribution in [3.63, 3.8) is 0 Å². The average Bonchev–Trinajstić information content (AvgIpc) is 2.98. The zero-order valence-corrected chi connectivity index (χ0v) is 17.3. The van der Waals surface area contributed by atoms with Gasteiger partial charge in [0, 0.05) is 37.5 Å². The van der Waals surface area contributed by atoms with Gasteiger partial charge < -0.3 is 10.1 Å². The molecule has 2 aliphatic rings. The van der Waals surface area contributed by atoms with Gasteiger partial charge in [-0.25, -0.2) is 15.0 Å². The number of ether oxygens (including phenoxy) is 1. The smallest absolute Gasteiger partial charge is 0.228 e. The first-order valence-corrected chi connectivity index (χ1v) is 10.4. The zero-order chi connectivity index (χ0) is 20.6. The number of aromatic nitrogens is 1. The lowest BCUT2D eigenvalue weighted by molar-refractivity contribution is 0.312. The molecule has 0 aliphatic carbocycles. The third-order valence-electron chi connectivity index (χ3n) is 4.91. The van der Waals surface area contributed by atoms with E-state index in [1.807, 2.05) is 36.5 Å². The Labute approximate surface area is 177 Å². The van der Waals surface area contributed by atoms with Gasteiger partial charge >= 0.3 is 0 Å². The van der Waals surface area contributed by atoms with Crippen LogP contribution >= 0.6 is 0 Å². The van der Waals surface area contributed by atoms with Crippen molar-refractivity contribution in [2.75, 3.05) is 25.5 Å². The molecule has 0 saturated carbocycles. The van der Waals surface area contributed by atoms with E-state index in [0.717, 1.165) is 48.8 Å². The third kappa shape index (κ3) is 5.64. The van der Waals surface area contributed by atoms with Crippen LogP contribution in [-0.2, 0) is 6.54 Å². The van der Waals surface area contributed by atoms with E-state index < -0.39 is 0 Å².